The Labute approximate surface area is 107 Å². The molecule has 2 rings (SSSR count). The molecule has 6 nitrogen and oxygen atoms in total. The minimum Gasteiger partial charge on any atom is -0.444 e. The summed E-state index contributed by atoms with van der Waals surface area (Å²) in [4.78, 5) is 24.8. The van der Waals surface area contributed by atoms with Gasteiger partial charge in [0.25, 0.3) is 0 Å². The molecule has 18 heavy (non-hydrogen) atoms. The zero-order valence-corrected chi connectivity index (χ0v) is 11.1. The highest BCUT2D eigenvalue weighted by molar-refractivity contribution is 5.71. The van der Waals surface area contributed by atoms with Gasteiger partial charge < -0.3 is 19.7 Å². The molecule has 2 saturated heterocycles. The highest BCUT2D eigenvalue weighted by Crippen LogP contribution is 2.28. The molecular weight excluding hydrogens is 236 g/mol. The van der Waals surface area contributed by atoms with Crippen LogP contribution in [-0.4, -0.2) is 47.9 Å². The minimum absolute atomic E-state index is 0.343. The van der Waals surface area contributed by atoms with Gasteiger partial charge in [-0.05, 0) is 33.6 Å². The quantitative estimate of drug-likeness (QED) is 0.713. The monoisotopic (exact) mass is 256 g/mol. The van der Waals surface area contributed by atoms with Crippen LogP contribution < -0.4 is 5.32 Å². The Morgan fingerprint density at radius 3 is 2.78 bits per heavy atom. The van der Waals surface area contributed by atoms with Crippen LogP contribution >= 0.6 is 0 Å². The van der Waals surface area contributed by atoms with E-state index in [9.17, 15) is 9.59 Å². The van der Waals surface area contributed by atoms with E-state index in [1.807, 2.05) is 20.8 Å². The van der Waals surface area contributed by atoms with Crippen molar-refractivity contribution in [2.75, 3.05) is 19.6 Å². The first-order valence-corrected chi connectivity index (χ1v) is 6.25. The highest BCUT2D eigenvalue weighted by Gasteiger charge is 2.45. The summed E-state index contributed by atoms with van der Waals surface area (Å²) in [6.07, 6.45) is 0.852. The van der Waals surface area contributed by atoms with E-state index in [0.29, 0.717) is 19.6 Å². The Bertz CT molecular complexity index is 364. The maximum atomic E-state index is 12.0. The maximum Gasteiger partial charge on any atom is 0.410 e. The van der Waals surface area contributed by atoms with Crippen molar-refractivity contribution < 1.29 is 19.1 Å². The molecule has 6 heteroatoms. The van der Waals surface area contributed by atoms with Crippen molar-refractivity contribution in [3.63, 3.8) is 0 Å². The van der Waals surface area contributed by atoms with Gasteiger partial charge in [0.2, 0.25) is 0 Å². The van der Waals surface area contributed by atoms with E-state index in [1.165, 1.54) is 0 Å². The summed E-state index contributed by atoms with van der Waals surface area (Å²) in [6.45, 7) is 7.02. The molecule has 0 aromatic rings. The van der Waals surface area contributed by atoms with Gasteiger partial charge in [0.15, 0.2) is 0 Å². The van der Waals surface area contributed by atoms with Crippen LogP contribution in [0.25, 0.3) is 0 Å². The van der Waals surface area contributed by atoms with Gasteiger partial charge in [-0.15, -0.1) is 0 Å². The van der Waals surface area contributed by atoms with Crippen LogP contribution in [-0.2, 0) is 9.47 Å². The zero-order chi connectivity index (χ0) is 13.4. The summed E-state index contributed by atoms with van der Waals surface area (Å²) in [7, 11) is 0. The molecular formula is C12H20N2O4. The van der Waals surface area contributed by atoms with Crippen LogP contribution in [0.1, 0.15) is 33.6 Å². The van der Waals surface area contributed by atoms with Crippen LogP contribution in [0.3, 0.4) is 0 Å². The molecule has 2 heterocycles. The van der Waals surface area contributed by atoms with E-state index in [0.717, 1.165) is 12.8 Å². The van der Waals surface area contributed by atoms with Crippen molar-refractivity contribution in [3.8, 4) is 0 Å². The molecule has 0 saturated carbocycles. The Hall–Kier alpha value is -1.46. The lowest BCUT2D eigenvalue weighted by molar-refractivity contribution is -0.0276. The highest BCUT2D eigenvalue weighted by atomic mass is 16.6. The number of carbonyl (C=O) groups excluding carboxylic acids is 2. The third kappa shape index (κ3) is 2.86. The van der Waals surface area contributed by atoms with E-state index in [2.05, 4.69) is 5.32 Å². The van der Waals surface area contributed by atoms with E-state index in [4.69, 9.17) is 9.47 Å². The van der Waals surface area contributed by atoms with Gasteiger partial charge in [-0.2, -0.15) is 0 Å². The average molecular weight is 256 g/mol. The van der Waals surface area contributed by atoms with Gasteiger partial charge in [-0.25, -0.2) is 9.59 Å². The molecule has 1 spiro atoms. The topological polar surface area (TPSA) is 67.9 Å². The summed E-state index contributed by atoms with van der Waals surface area (Å²) in [5.74, 6) is 0. The molecule has 1 N–H and O–H groups in total. The molecule has 0 aromatic carbocycles. The fraction of sp³-hybridized carbons (Fsp3) is 0.833. The molecule has 0 bridgehead atoms. The van der Waals surface area contributed by atoms with Crippen molar-refractivity contribution in [2.24, 2.45) is 0 Å². The molecule has 102 valence electrons. The lowest BCUT2D eigenvalue weighted by Gasteiger charge is -2.38. The zero-order valence-electron chi connectivity index (χ0n) is 11.1. The Morgan fingerprint density at radius 2 is 2.22 bits per heavy atom. The molecule has 2 amide bonds. The molecule has 2 aliphatic heterocycles. The van der Waals surface area contributed by atoms with Crippen molar-refractivity contribution in [1.82, 2.24) is 10.2 Å². The minimum atomic E-state index is -0.563. The summed E-state index contributed by atoms with van der Waals surface area (Å²) < 4.78 is 10.6. The van der Waals surface area contributed by atoms with E-state index >= 15 is 0 Å². The second-order valence-electron chi connectivity index (χ2n) is 5.93. The summed E-state index contributed by atoms with van der Waals surface area (Å²) in [6, 6.07) is 0. The molecule has 2 aliphatic rings. The Morgan fingerprint density at radius 1 is 1.50 bits per heavy atom. The molecule has 0 radical (unpaired) electrons. The average Bonchev–Trinajstić information content (AvgIpc) is 2.57. The van der Waals surface area contributed by atoms with Crippen molar-refractivity contribution in [2.45, 2.75) is 44.8 Å². The van der Waals surface area contributed by atoms with Gasteiger partial charge in [-0.3, -0.25) is 0 Å². The van der Waals surface area contributed by atoms with E-state index in [1.54, 1.807) is 4.90 Å². The molecule has 0 aliphatic carbocycles. The number of likely N-dealkylation sites (tertiary alicyclic amines) is 1. The predicted octanol–water partition coefficient (Wildman–Crippen LogP) is 1.50. The Kier molecular flexibility index (Phi) is 3.12. The standard InChI is InChI=1S/C12H20N2O4/c1-11(2,3)18-10(16)14-6-4-5-12(8-14)7-13-9(15)17-12/h4-8H2,1-3H3,(H,13,15). The lowest BCUT2D eigenvalue weighted by Crippen LogP contribution is -2.53. The largest absolute Gasteiger partial charge is 0.444 e. The number of carbonyl (C=O) groups is 2. The first-order valence-electron chi connectivity index (χ1n) is 6.25. The van der Waals surface area contributed by atoms with E-state index in [-0.39, 0.29) is 6.09 Å². The van der Waals surface area contributed by atoms with Crippen LogP contribution in [0.5, 0.6) is 0 Å². The fourth-order valence-electron chi connectivity index (χ4n) is 2.31. The molecule has 2 fully saturated rings. The number of nitrogens with one attached hydrogen (secondary N) is 1. The normalized spacial score (nSPS) is 27.9. The van der Waals surface area contributed by atoms with Gasteiger partial charge in [0.1, 0.15) is 11.2 Å². The van der Waals surface area contributed by atoms with Gasteiger partial charge in [0, 0.05) is 6.54 Å². The smallest absolute Gasteiger partial charge is 0.410 e. The number of piperidine rings is 1. The number of hydrogen-bond acceptors (Lipinski definition) is 4. The van der Waals surface area contributed by atoms with Crippen LogP contribution in [0.4, 0.5) is 9.59 Å². The second-order valence-corrected chi connectivity index (χ2v) is 5.93. The number of amides is 2. The third-order valence-electron chi connectivity index (χ3n) is 3.06. The second kappa shape index (κ2) is 4.33. The number of alkyl carbamates (subject to hydrolysis) is 1. The van der Waals surface area contributed by atoms with Crippen molar-refractivity contribution >= 4 is 12.2 Å². The number of hydrogen-bond donors (Lipinski definition) is 1. The van der Waals surface area contributed by atoms with Gasteiger partial charge >= 0.3 is 12.2 Å². The number of ether oxygens (including phenoxy) is 2. The Balaban J connectivity index is 1.99. The molecule has 1 atom stereocenters. The molecule has 0 aromatic heterocycles. The lowest BCUT2D eigenvalue weighted by atomic mass is 9.93. The SMILES string of the molecule is CC(C)(C)OC(=O)N1CCCC2(CNC(=O)O2)C1. The summed E-state index contributed by atoms with van der Waals surface area (Å²) >= 11 is 0. The first kappa shape index (κ1) is 13.0. The fourth-order valence-corrected chi connectivity index (χ4v) is 2.31. The van der Waals surface area contributed by atoms with Crippen LogP contribution in [0.2, 0.25) is 0 Å². The van der Waals surface area contributed by atoms with Crippen molar-refractivity contribution in [1.29, 1.82) is 0 Å². The molecule has 1 unspecified atom stereocenters. The summed E-state index contributed by atoms with van der Waals surface area (Å²) in [5.41, 5.74) is -1.07. The predicted molar refractivity (Wildman–Crippen MR) is 64.3 cm³/mol. The van der Waals surface area contributed by atoms with Gasteiger partial charge in [-0.1, -0.05) is 0 Å². The van der Waals surface area contributed by atoms with Crippen molar-refractivity contribution in [3.05, 3.63) is 0 Å². The van der Waals surface area contributed by atoms with Crippen LogP contribution in [0, 0.1) is 0 Å². The van der Waals surface area contributed by atoms with E-state index < -0.39 is 17.3 Å². The summed E-state index contributed by atoms with van der Waals surface area (Å²) in [5, 5.41) is 2.65. The van der Waals surface area contributed by atoms with Gasteiger partial charge in [0.05, 0.1) is 13.1 Å². The number of rotatable bonds is 0. The third-order valence-corrected chi connectivity index (χ3v) is 3.06. The van der Waals surface area contributed by atoms with Crippen LogP contribution in [0.15, 0.2) is 0 Å². The number of nitrogens with zero attached hydrogens (tertiary/aromatic N) is 1. The first-order chi connectivity index (χ1) is 8.30. The maximum absolute atomic E-state index is 12.0.